The van der Waals surface area contributed by atoms with Gasteiger partial charge in [0.15, 0.2) is 6.04 Å². The topological polar surface area (TPSA) is 53.8 Å². The van der Waals surface area contributed by atoms with Crippen LogP contribution in [0.4, 0.5) is 11.4 Å². The maximum atomic E-state index is 13.7. The summed E-state index contributed by atoms with van der Waals surface area (Å²) in [6.07, 6.45) is 1.53. The number of piperazine rings is 1. The number of carbonyl (C=O) groups is 2. The molecule has 5 nitrogen and oxygen atoms in total. The van der Waals surface area contributed by atoms with E-state index < -0.39 is 6.04 Å². The zero-order valence-corrected chi connectivity index (χ0v) is 17.1. The molecule has 0 unspecified atom stereocenters. The second-order valence-corrected chi connectivity index (χ2v) is 7.62. The third-order valence-electron chi connectivity index (χ3n) is 5.61. The van der Waals surface area contributed by atoms with Gasteiger partial charge in [0.05, 0.1) is 6.26 Å². The molecule has 29 heavy (non-hydrogen) atoms. The fraction of sp³-hybridized carbons (Fsp3) is 0.250. The molecule has 0 saturated carbocycles. The number of amides is 2. The fourth-order valence-corrected chi connectivity index (χ4v) is 3.97. The van der Waals surface area contributed by atoms with E-state index >= 15 is 0 Å². The molecule has 1 fully saturated rings. The minimum absolute atomic E-state index is 0.00630. The Hall–Kier alpha value is -3.34. The highest BCUT2D eigenvalue weighted by Gasteiger charge is 2.44. The maximum Gasteiger partial charge on any atom is 0.258 e. The third-order valence-corrected chi connectivity index (χ3v) is 5.61. The number of benzene rings is 2. The van der Waals surface area contributed by atoms with Crippen LogP contribution in [0.25, 0.3) is 0 Å². The Morgan fingerprint density at radius 2 is 1.69 bits per heavy atom. The van der Waals surface area contributed by atoms with Crippen LogP contribution in [0, 0.1) is 27.7 Å². The molecule has 4 rings (SSSR count). The average Bonchev–Trinajstić information content (AvgIpc) is 3.20. The van der Waals surface area contributed by atoms with Gasteiger partial charge < -0.3 is 9.32 Å². The highest BCUT2D eigenvalue weighted by Crippen LogP contribution is 2.37. The summed E-state index contributed by atoms with van der Waals surface area (Å²) < 4.78 is 5.60. The van der Waals surface area contributed by atoms with Crippen LogP contribution >= 0.6 is 0 Å². The van der Waals surface area contributed by atoms with Gasteiger partial charge >= 0.3 is 0 Å². The number of rotatable bonds is 3. The van der Waals surface area contributed by atoms with Crippen molar-refractivity contribution < 1.29 is 14.0 Å². The third kappa shape index (κ3) is 3.23. The van der Waals surface area contributed by atoms with Crippen molar-refractivity contribution in [3.8, 4) is 0 Å². The zero-order chi connectivity index (χ0) is 20.7. The molecule has 1 aliphatic heterocycles. The molecule has 0 aliphatic carbocycles. The van der Waals surface area contributed by atoms with Gasteiger partial charge in [-0.3, -0.25) is 14.5 Å². The predicted octanol–water partition coefficient (Wildman–Crippen LogP) is 4.63. The summed E-state index contributed by atoms with van der Waals surface area (Å²) in [4.78, 5) is 30.2. The number of furan rings is 1. The Morgan fingerprint density at radius 1 is 0.897 bits per heavy atom. The molecule has 5 heteroatoms. The maximum absolute atomic E-state index is 13.7. The number of hydrogen-bond acceptors (Lipinski definition) is 3. The van der Waals surface area contributed by atoms with Gasteiger partial charge in [0.1, 0.15) is 12.3 Å². The minimum Gasteiger partial charge on any atom is -0.467 e. The lowest BCUT2D eigenvalue weighted by Gasteiger charge is -2.40. The zero-order valence-electron chi connectivity index (χ0n) is 17.1. The van der Waals surface area contributed by atoms with Crippen molar-refractivity contribution in [3.05, 3.63) is 82.8 Å². The van der Waals surface area contributed by atoms with E-state index in [9.17, 15) is 9.59 Å². The van der Waals surface area contributed by atoms with Crippen LogP contribution in [0.3, 0.4) is 0 Å². The summed E-state index contributed by atoms with van der Waals surface area (Å²) >= 11 is 0. The van der Waals surface area contributed by atoms with Gasteiger partial charge in [0.2, 0.25) is 5.91 Å². The molecule has 2 amide bonds. The van der Waals surface area contributed by atoms with Gasteiger partial charge in [-0.15, -0.1) is 0 Å². The van der Waals surface area contributed by atoms with E-state index in [0.29, 0.717) is 5.76 Å². The van der Waals surface area contributed by atoms with Crippen LogP contribution in [0.5, 0.6) is 0 Å². The number of carbonyl (C=O) groups excluding carboxylic acids is 2. The summed E-state index contributed by atoms with van der Waals surface area (Å²) in [5.74, 6) is 0.144. The van der Waals surface area contributed by atoms with Crippen LogP contribution in [-0.4, -0.2) is 18.4 Å². The van der Waals surface area contributed by atoms with Gasteiger partial charge in [-0.25, -0.2) is 0 Å². The summed E-state index contributed by atoms with van der Waals surface area (Å²) in [7, 11) is 0. The molecule has 1 saturated heterocycles. The van der Waals surface area contributed by atoms with Crippen molar-refractivity contribution in [1.82, 2.24) is 0 Å². The summed E-state index contributed by atoms with van der Waals surface area (Å²) in [5.41, 5.74) is 5.62. The smallest absolute Gasteiger partial charge is 0.258 e. The van der Waals surface area contributed by atoms with Crippen molar-refractivity contribution in [3.63, 3.8) is 0 Å². The Bertz CT molecular complexity index is 1090. The first-order valence-electron chi connectivity index (χ1n) is 9.69. The predicted molar refractivity (Wildman–Crippen MR) is 113 cm³/mol. The highest BCUT2D eigenvalue weighted by atomic mass is 16.3. The fourth-order valence-electron chi connectivity index (χ4n) is 3.97. The molecule has 3 aromatic rings. The molecule has 0 spiro atoms. The van der Waals surface area contributed by atoms with E-state index in [1.165, 1.54) is 6.26 Å². The first-order valence-corrected chi connectivity index (χ1v) is 9.69. The summed E-state index contributed by atoms with van der Waals surface area (Å²) in [5, 5.41) is 0. The second kappa shape index (κ2) is 7.24. The Labute approximate surface area is 170 Å². The van der Waals surface area contributed by atoms with E-state index in [1.54, 1.807) is 21.9 Å². The van der Waals surface area contributed by atoms with Gasteiger partial charge in [0, 0.05) is 11.4 Å². The van der Waals surface area contributed by atoms with Gasteiger partial charge in [0.25, 0.3) is 5.91 Å². The lowest BCUT2D eigenvalue weighted by molar-refractivity contribution is -0.129. The molecule has 1 aliphatic rings. The van der Waals surface area contributed by atoms with Crippen LogP contribution in [0.1, 0.15) is 34.1 Å². The number of hydrogen-bond donors (Lipinski definition) is 0. The Balaban J connectivity index is 1.84. The van der Waals surface area contributed by atoms with Crippen molar-refractivity contribution in [2.75, 3.05) is 16.3 Å². The average molecular weight is 388 g/mol. The highest BCUT2D eigenvalue weighted by molar-refractivity contribution is 6.14. The largest absolute Gasteiger partial charge is 0.467 e. The number of nitrogens with zero attached hydrogens (tertiary/aromatic N) is 2. The Kier molecular flexibility index (Phi) is 4.74. The van der Waals surface area contributed by atoms with Gasteiger partial charge in [-0.2, -0.15) is 0 Å². The number of anilines is 2. The molecular weight excluding hydrogens is 364 g/mol. The van der Waals surface area contributed by atoms with Crippen LogP contribution in [0.15, 0.2) is 59.2 Å². The summed E-state index contributed by atoms with van der Waals surface area (Å²) in [6, 6.07) is 14.3. The minimum atomic E-state index is -0.840. The second-order valence-electron chi connectivity index (χ2n) is 7.62. The van der Waals surface area contributed by atoms with E-state index in [1.807, 2.05) is 64.1 Å². The lowest BCUT2D eigenvalue weighted by Crippen LogP contribution is -2.56. The molecule has 1 aromatic heterocycles. The monoisotopic (exact) mass is 388 g/mol. The normalized spacial score (nSPS) is 17.2. The first kappa shape index (κ1) is 19.0. The van der Waals surface area contributed by atoms with Crippen LogP contribution < -0.4 is 9.80 Å². The molecule has 148 valence electrons. The van der Waals surface area contributed by atoms with Crippen molar-refractivity contribution in [2.45, 2.75) is 33.7 Å². The SMILES string of the molecule is Cc1ccc(N2C(=O)CN(c3cccc(C)c3C)C(=O)[C@@H]2c2ccco2)c(C)c1. The lowest BCUT2D eigenvalue weighted by atomic mass is 10.0. The quantitative estimate of drug-likeness (QED) is 0.657. The van der Waals surface area contributed by atoms with Crippen molar-refractivity contribution in [2.24, 2.45) is 0 Å². The Morgan fingerprint density at radius 3 is 2.38 bits per heavy atom. The molecule has 0 radical (unpaired) electrons. The molecule has 0 bridgehead atoms. The first-order chi connectivity index (χ1) is 13.9. The van der Waals surface area contributed by atoms with E-state index in [-0.39, 0.29) is 18.4 Å². The van der Waals surface area contributed by atoms with Crippen molar-refractivity contribution >= 4 is 23.2 Å². The molecule has 2 heterocycles. The molecule has 2 aromatic carbocycles. The van der Waals surface area contributed by atoms with Crippen molar-refractivity contribution in [1.29, 1.82) is 0 Å². The van der Waals surface area contributed by atoms with E-state index in [4.69, 9.17) is 4.42 Å². The van der Waals surface area contributed by atoms with Crippen LogP contribution in [-0.2, 0) is 9.59 Å². The van der Waals surface area contributed by atoms with E-state index in [0.717, 1.165) is 33.6 Å². The molecular formula is C24H24N2O3. The van der Waals surface area contributed by atoms with Gasteiger partial charge in [-0.05, 0) is 68.7 Å². The number of aryl methyl sites for hydroxylation is 3. The standard InChI is InChI=1S/C24H24N2O3/c1-15-10-11-19(17(3)13-15)26-22(27)14-25(20-8-5-7-16(2)18(20)4)24(28)23(26)21-9-6-12-29-21/h5-13,23H,14H2,1-4H3/t23-/m0/s1. The van der Waals surface area contributed by atoms with E-state index in [2.05, 4.69) is 0 Å². The summed E-state index contributed by atoms with van der Waals surface area (Å²) in [6.45, 7) is 7.93. The van der Waals surface area contributed by atoms with Gasteiger partial charge in [-0.1, -0.05) is 29.8 Å². The molecule has 0 N–H and O–H groups in total. The van der Waals surface area contributed by atoms with Crippen LogP contribution in [0.2, 0.25) is 0 Å². The molecule has 1 atom stereocenters.